The Bertz CT molecular complexity index is 2080. The number of hydrogen-bond donors (Lipinski definition) is 0. The van der Waals surface area contributed by atoms with Gasteiger partial charge in [-0.2, -0.15) is 0 Å². The van der Waals surface area contributed by atoms with E-state index < -0.39 is 36.2 Å². The third kappa shape index (κ3) is 84.1. The summed E-state index contributed by atoms with van der Waals surface area (Å²) in [5.74, 6) is -3.40. The molecular weight excluding hydrogens is 1270 g/mol. The zero-order valence-corrected chi connectivity index (χ0v) is 64.6. The summed E-state index contributed by atoms with van der Waals surface area (Å²) < 4.78 is 46.8. The van der Waals surface area contributed by atoms with E-state index in [4.69, 9.17) is 42.6 Å². The van der Waals surface area contributed by atoms with E-state index in [-0.39, 0.29) is 75.5 Å². The van der Waals surface area contributed by atoms with Crippen LogP contribution in [-0.2, 0) is 85.8 Å². The van der Waals surface area contributed by atoms with Crippen molar-refractivity contribution in [2.45, 2.75) is 357 Å². The zero-order chi connectivity index (χ0) is 75.0. The Hall–Kier alpha value is -6.33. The Morgan fingerprint density at radius 1 is 0.250 bits per heavy atom. The molecule has 0 spiro atoms. The van der Waals surface area contributed by atoms with Crippen molar-refractivity contribution in [3.05, 3.63) is 73.4 Å². The Morgan fingerprint density at radius 2 is 0.420 bits per heavy atom. The summed E-state index contributed by atoms with van der Waals surface area (Å²) in [7, 11) is 0. The van der Waals surface area contributed by atoms with Crippen LogP contribution in [0.2, 0.25) is 0 Å². The van der Waals surface area contributed by atoms with E-state index >= 15 is 0 Å². The molecule has 0 amide bonds. The minimum Gasteiger partial charge on any atom is -0.462 e. The number of carbonyl (C=O) groups is 9. The molecule has 0 N–H and O–H groups in total. The molecule has 578 valence electrons. The van der Waals surface area contributed by atoms with Crippen LogP contribution in [0.15, 0.2) is 73.4 Å². The second kappa shape index (κ2) is 81.6. The fraction of sp³-hybridized carbons (Fsp3) is 0.744. The van der Waals surface area contributed by atoms with Gasteiger partial charge in [-0.1, -0.05) is 196 Å². The number of rotatable bonds is 63. The van der Waals surface area contributed by atoms with Gasteiger partial charge >= 0.3 is 53.7 Å². The average molecular weight is 1420 g/mol. The van der Waals surface area contributed by atoms with Gasteiger partial charge in [0.25, 0.3) is 0 Å². The lowest BCUT2D eigenvalue weighted by molar-refractivity contribution is -0.167. The van der Waals surface area contributed by atoms with Crippen molar-refractivity contribution in [3.63, 3.8) is 0 Å². The van der Waals surface area contributed by atoms with E-state index in [1.54, 1.807) is 0 Å². The SMILES string of the molecule is C=CCCCCCCCC(=O)OC(COC(C)=O)COC(C)=O.CC.CC=CCCCCCCCC(=O)OCC(COC(=O)CCCCCCCC=CC)OC(=O)CCCCCCCC=CC.CC=CCCCCCCCC(=O)OCC(COC(C)=O)OC(=O)CCCCCCCC=CC. The second-order valence-corrected chi connectivity index (χ2v) is 24.8. The Balaban J connectivity index is -0.000000711. The molecule has 18 nitrogen and oxygen atoms in total. The summed E-state index contributed by atoms with van der Waals surface area (Å²) in [6.45, 7) is 21.0. The molecule has 0 bridgehead atoms. The van der Waals surface area contributed by atoms with E-state index in [9.17, 15) is 43.2 Å². The Morgan fingerprint density at radius 3 is 0.610 bits per heavy atom. The maximum Gasteiger partial charge on any atom is 0.306 e. The van der Waals surface area contributed by atoms with Gasteiger partial charge in [-0.15, -0.1) is 6.58 Å². The van der Waals surface area contributed by atoms with Crippen molar-refractivity contribution in [2.24, 2.45) is 0 Å². The quantitative estimate of drug-likeness (QED) is 0.0238. The van der Waals surface area contributed by atoms with Gasteiger partial charge in [0.1, 0.15) is 39.6 Å². The number of allylic oxidation sites excluding steroid dienone is 11. The van der Waals surface area contributed by atoms with Crippen LogP contribution in [0.3, 0.4) is 0 Å². The van der Waals surface area contributed by atoms with Crippen molar-refractivity contribution in [3.8, 4) is 0 Å². The first-order valence-electron chi connectivity index (χ1n) is 38.6. The van der Waals surface area contributed by atoms with Crippen LogP contribution in [0.4, 0.5) is 0 Å². The van der Waals surface area contributed by atoms with Crippen LogP contribution in [-0.4, -0.2) is 112 Å². The van der Waals surface area contributed by atoms with E-state index in [0.29, 0.717) is 38.5 Å². The molecule has 0 aromatic rings. The molecule has 0 aromatic heterocycles. The normalized spacial score (nSPS) is 11.6. The van der Waals surface area contributed by atoms with Crippen LogP contribution in [0.1, 0.15) is 339 Å². The summed E-state index contributed by atoms with van der Waals surface area (Å²) in [5.41, 5.74) is 0. The summed E-state index contributed by atoms with van der Waals surface area (Å²) in [6.07, 6.45) is 60.4. The summed E-state index contributed by atoms with van der Waals surface area (Å²) in [5, 5.41) is 0. The number of esters is 9. The molecule has 0 saturated heterocycles. The maximum atomic E-state index is 12.5. The highest BCUT2D eigenvalue weighted by Crippen LogP contribution is 2.16. The Kier molecular flexibility index (Phi) is 81.7. The second-order valence-electron chi connectivity index (χ2n) is 24.8. The van der Waals surface area contributed by atoms with Gasteiger partial charge in [0.05, 0.1) is 0 Å². The molecule has 18 heteroatoms. The van der Waals surface area contributed by atoms with Gasteiger partial charge in [-0.3, -0.25) is 43.2 Å². The molecule has 1 atom stereocenters. The van der Waals surface area contributed by atoms with E-state index in [0.717, 1.165) is 199 Å². The lowest BCUT2D eigenvalue weighted by Crippen LogP contribution is -2.30. The molecule has 0 fully saturated rings. The third-order valence-electron chi connectivity index (χ3n) is 15.3. The van der Waals surface area contributed by atoms with E-state index in [1.807, 2.05) is 54.5 Å². The van der Waals surface area contributed by atoms with Gasteiger partial charge in [-0.05, 0) is 150 Å². The van der Waals surface area contributed by atoms with Gasteiger partial charge in [0.15, 0.2) is 18.3 Å². The van der Waals surface area contributed by atoms with E-state index in [2.05, 4.69) is 67.3 Å². The minimum absolute atomic E-state index is 0.0850. The number of hydrogen-bond acceptors (Lipinski definition) is 18. The van der Waals surface area contributed by atoms with Crippen molar-refractivity contribution < 1.29 is 85.8 Å². The van der Waals surface area contributed by atoms with Crippen LogP contribution in [0.25, 0.3) is 0 Å². The standard InChI is InChI=1S/C36H62O6.C27H46O6.C17H28O6.C2H6/c1-4-7-10-13-16-19-22-25-28-34(37)40-31-33(42-36(39)30-27-24-21-18-15-12-9-6-3)32-41-35(38)29-26-23-20-17-14-11-8-5-2;1-4-6-8-10-12-14-16-18-20-26(29)32-23-25(22-31-24(3)28)33-27(30)21-19-17-15-13-11-9-7-5-2;1-4-5-6-7-8-9-10-11-17(20)23-16(12-21-14(2)18)13-22-15(3)19;1-2/h4-9,33H,10-32H2,1-3H3;4-7,25H,8-23H2,1-3H3;4,16H,1,5-13H2,2-3H3;1-2H3. The molecule has 0 aliphatic carbocycles. The predicted molar refractivity (Wildman–Crippen MR) is 402 cm³/mol. The van der Waals surface area contributed by atoms with Crippen LogP contribution >= 0.6 is 0 Å². The summed E-state index contributed by atoms with van der Waals surface area (Å²) in [6, 6.07) is 0. The fourth-order valence-electron chi connectivity index (χ4n) is 9.72. The first-order valence-corrected chi connectivity index (χ1v) is 38.6. The number of unbranched alkanes of at least 4 members (excludes halogenated alkanes) is 30. The molecule has 0 aliphatic heterocycles. The van der Waals surface area contributed by atoms with E-state index in [1.165, 1.54) is 52.9 Å². The molecule has 0 aliphatic rings. The molecule has 0 saturated carbocycles. The first-order chi connectivity index (χ1) is 48.5. The first kappa shape index (κ1) is 100. The lowest BCUT2D eigenvalue weighted by Gasteiger charge is -2.18. The minimum atomic E-state index is -0.774. The van der Waals surface area contributed by atoms with Gasteiger partial charge in [0.2, 0.25) is 0 Å². The van der Waals surface area contributed by atoms with Crippen molar-refractivity contribution >= 4 is 53.7 Å². The molecule has 0 radical (unpaired) electrons. The lowest BCUT2D eigenvalue weighted by atomic mass is 10.1. The van der Waals surface area contributed by atoms with Crippen molar-refractivity contribution in [1.82, 2.24) is 0 Å². The largest absolute Gasteiger partial charge is 0.462 e. The predicted octanol–water partition coefficient (Wildman–Crippen LogP) is 20.5. The molecule has 100 heavy (non-hydrogen) atoms. The molecular formula is C82H142O18. The van der Waals surface area contributed by atoms with Crippen molar-refractivity contribution in [1.29, 1.82) is 0 Å². The van der Waals surface area contributed by atoms with Crippen LogP contribution in [0.5, 0.6) is 0 Å². The summed E-state index contributed by atoms with van der Waals surface area (Å²) >= 11 is 0. The molecule has 1 unspecified atom stereocenters. The molecule has 0 rings (SSSR count). The smallest absolute Gasteiger partial charge is 0.306 e. The highest BCUT2D eigenvalue weighted by Gasteiger charge is 2.22. The highest BCUT2D eigenvalue weighted by molar-refractivity contribution is 5.72. The van der Waals surface area contributed by atoms with Crippen LogP contribution in [0, 0.1) is 0 Å². The topological polar surface area (TPSA) is 237 Å². The Labute approximate surface area is 607 Å². The number of ether oxygens (including phenoxy) is 9. The van der Waals surface area contributed by atoms with Crippen molar-refractivity contribution in [2.75, 3.05) is 39.6 Å². The van der Waals surface area contributed by atoms with Crippen LogP contribution < -0.4 is 0 Å². The van der Waals surface area contributed by atoms with Gasteiger partial charge in [-0.25, -0.2) is 0 Å². The zero-order valence-electron chi connectivity index (χ0n) is 64.6. The highest BCUT2D eigenvalue weighted by atomic mass is 16.6. The molecule has 0 aromatic carbocycles. The monoisotopic (exact) mass is 1420 g/mol. The van der Waals surface area contributed by atoms with Gasteiger partial charge < -0.3 is 42.6 Å². The summed E-state index contributed by atoms with van der Waals surface area (Å²) in [4.78, 5) is 106. The third-order valence-corrected chi connectivity index (χ3v) is 15.3. The number of carbonyl (C=O) groups excluding carboxylic acids is 9. The fourth-order valence-corrected chi connectivity index (χ4v) is 9.72. The molecule has 0 heterocycles. The average Bonchev–Trinajstić information content (AvgIpc) is 1.09. The maximum absolute atomic E-state index is 12.5. The van der Waals surface area contributed by atoms with Gasteiger partial charge in [0, 0.05) is 59.3 Å².